The fourth-order valence-electron chi connectivity index (χ4n) is 2.93. The topological polar surface area (TPSA) is 103 Å². The smallest absolute Gasteiger partial charge is 0.355 e. The zero-order valence-corrected chi connectivity index (χ0v) is 19.6. The Morgan fingerprint density at radius 2 is 1.90 bits per heavy atom. The number of halogens is 4. The molecule has 0 saturated carbocycles. The fourth-order valence-corrected chi connectivity index (χ4v) is 3.91. The van der Waals surface area contributed by atoms with E-state index in [1.54, 1.807) is 32.3 Å². The number of guanidine groups is 1. The maximum absolute atomic E-state index is 12.6. The molecule has 0 bridgehead atoms. The van der Waals surface area contributed by atoms with Crippen LogP contribution in [0.1, 0.15) is 28.8 Å². The van der Waals surface area contributed by atoms with E-state index in [0.717, 1.165) is 5.56 Å². The molecule has 0 radical (unpaired) electrons. The molecule has 1 aliphatic rings. The molecule has 1 heterocycles. The molecule has 3 N–H and O–H groups in total. The van der Waals surface area contributed by atoms with Crippen molar-refractivity contribution in [2.45, 2.75) is 30.9 Å². The summed E-state index contributed by atoms with van der Waals surface area (Å²) in [5.41, 5.74) is -3.92. The lowest BCUT2D eigenvalue weighted by atomic mass is 10.1. The first kappa shape index (κ1) is 26.4. The van der Waals surface area contributed by atoms with Crippen molar-refractivity contribution in [3.63, 3.8) is 0 Å². The van der Waals surface area contributed by atoms with Crippen LogP contribution < -0.4 is 16.0 Å². The predicted octanol–water partition coefficient (Wildman–Crippen LogP) is 1.64. The first-order valence-electron chi connectivity index (χ1n) is 8.93. The van der Waals surface area contributed by atoms with Crippen molar-refractivity contribution in [3.8, 4) is 0 Å². The van der Waals surface area contributed by atoms with Gasteiger partial charge in [0.2, 0.25) is 0 Å². The minimum absolute atomic E-state index is 0. The van der Waals surface area contributed by atoms with Gasteiger partial charge < -0.3 is 16.0 Å². The molecule has 0 aliphatic carbocycles. The largest absolute Gasteiger partial charge is 0.511 e. The first-order valence-corrected chi connectivity index (χ1v) is 10.4. The summed E-state index contributed by atoms with van der Waals surface area (Å²) in [6.45, 7) is -0.0544. The van der Waals surface area contributed by atoms with Crippen molar-refractivity contribution in [2.24, 2.45) is 4.99 Å². The molecule has 8 nitrogen and oxygen atoms in total. The molecule has 1 aromatic carbocycles. The quantitative estimate of drug-likeness (QED) is 0.288. The Kier molecular flexibility index (Phi) is 9.81. The van der Waals surface area contributed by atoms with Crippen LogP contribution in [-0.4, -0.2) is 63.3 Å². The van der Waals surface area contributed by atoms with Crippen molar-refractivity contribution in [1.82, 2.24) is 20.3 Å². The van der Waals surface area contributed by atoms with E-state index < -0.39 is 15.5 Å². The van der Waals surface area contributed by atoms with Gasteiger partial charge >= 0.3 is 15.5 Å². The van der Waals surface area contributed by atoms with Gasteiger partial charge in [-0.15, -0.1) is 24.0 Å². The second-order valence-corrected chi connectivity index (χ2v) is 8.40. The number of alkyl halides is 3. The lowest BCUT2D eigenvalue weighted by Gasteiger charge is -2.32. The Labute approximate surface area is 190 Å². The summed E-state index contributed by atoms with van der Waals surface area (Å²) in [7, 11) is -2.19. The van der Waals surface area contributed by atoms with Crippen LogP contribution >= 0.6 is 24.0 Å². The van der Waals surface area contributed by atoms with E-state index in [-0.39, 0.29) is 61.9 Å². The number of carbonyl (C=O) groups is 1. The highest BCUT2D eigenvalue weighted by atomic mass is 127. The Hall–Kier alpha value is -1.61. The predicted molar refractivity (Wildman–Crippen MR) is 118 cm³/mol. The molecule has 1 aromatic rings. The molecule has 1 saturated heterocycles. The average Bonchev–Trinajstić information content (AvgIpc) is 2.70. The molecule has 1 amide bonds. The summed E-state index contributed by atoms with van der Waals surface area (Å²) >= 11 is 0. The Morgan fingerprint density at radius 1 is 1.27 bits per heavy atom. The number of amides is 1. The number of hydrogen-bond acceptors (Lipinski definition) is 4. The number of rotatable bonds is 5. The van der Waals surface area contributed by atoms with E-state index in [9.17, 15) is 26.4 Å². The SMILES string of the molecule is CN=C(NCc1cccc(C(=O)NC)c1)NC1CCN(S(=O)(=O)C(F)(F)F)CC1.I. The van der Waals surface area contributed by atoms with Crippen molar-refractivity contribution < 1.29 is 26.4 Å². The number of carbonyl (C=O) groups excluding carboxylic acids is 1. The van der Waals surface area contributed by atoms with Crippen LogP contribution in [0.4, 0.5) is 13.2 Å². The van der Waals surface area contributed by atoms with Gasteiger partial charge in [-0.2, -0.15) is 17.5 Å². The van der Waals surface area contributed by atoms with E-state index >= 15 is 0 Å². The summed E-state index contributed by atoms with van der Waals surface area (Å²) in [6.07, 6.45) is 0.449. The third-order valence-corrected chi connectivity index (χ3v) is 6.16. The molecule has 1 fully saturated rings. The third kappa shape index (κ3) is 6.70. The number of aliphatic imine (C=N–C) groups is 1. The molecule has 170 valence electrons. The number of nitrogens with one attached hydrogen (secondary N) is 3. The Balaban J connectivity index is 0.00000450. The second-order valence-electron chi connectivity index (χ2n) is 6.47. The summed E-state index contributed by atoms with van der Waals surface area (Å²) in [5, 5.41) is 8.72. The van der Waals surface area contributed by atoms with Gasteiger partial charge in [0.1, 0.15) is 0 Å². The zero-order valence-electron chi connectivity index (χ0n) is 16.5. The lowest BCUT2D eigenvalue weighted by Crippen LogP contribution is -2.51. The maximum atomic E-state index is 12.6. The molecule has 2 rings (SSSR count). The van der Waals surface area contributed by atoms with Crippen LogP contribution in [0, 0.1) is 0 Å². The standard InChI is InChI=1S/C17H24F3N5O3S.HI/c1-21-15(26)13-5-3-4-12(10-13)11-23-16(22-2)24-14-6-8-25(9-7-14)29(27,28)17(18,19)20;/h3-5,10,14H,6-9,11H2,1-2H3,(H,21,26)(H2,22,23,24);1H. The lowest BCUT2D eigenvalue weighted by molar-refractivity contribution is -0.0494. The van der Waals surface area contributed by atoms with Crippen LogP contribution in [-0.2, 0) is 16.6 Å². The number of sulfonamides is 1. The van der Waals surface area contributed by atoms with E-state index in [0.29, 0.717) is 22.4 Å². The van der Waals surface area contributed by atoms with Gasteiger partial charge in [-0.25, -0.2) is 8.42 Å². The van der Waals surface area contributed by atoms with Gasteiger partial charge in [-0.1, -0.05) is 12.1 Å². The van der Waals surface area contributed by atoms with Gasteiger partial charge in [0.25, 0.3) is 5.91 Å². The molecule has 13 heteroatoms. The summed E-state index contributed by atoms with van der Waals surface area (Å²) in [4.78, 5) is 15.8. The molecule has 1 aliphatic heterocycles. The van der Waals surface area contributed by atoms with Gasteiger partial charge in [0.15, 0.2) is 5.96 Å². The number of hydrogen-bond donors (Lipinski definition) is 3. The molecular formula is C17H25F3IN5O3S. The normalized spacial score (nSPS) is 16.5. The summed E-state index contributed by atoms with van der Waals surface area (Å²) < 4.78 is 61.3. The minimum Gasteiger partial charge on any atom is -0.355 e. The van der Waals surface area contributed by atoms with Gasteiger partial charge in [0.05, 0.1) is 0 Å². The number of nitrogens with zero attached hydrogens (tertiary/aromatic N) is 2. The molecule has 0 aromatic heterocycles. The Morgan fingerprint density at radius 3 is 2.43 bits per heavy atom. The average molecular weight is 563 g/mol. The maximum Gasteiger partial charge on any atom is 0.511 e. The van der Waals surface area contributed by atoms with Crippen LogP contribution in [0.5, 0.6) is 0 Å². The monoisotopic (exact) mass is 563 g/mol. The van der Waals surface area contributed by atoms with Crippen molar-refractivity contribution >= 4 is 45.9 Å². The highest BCUT2D eigenvalue weighted by Crippen LogP contribution is 2.28. The van der Waals surface area contributed by atoms with E-state index in [1.165, 1.54) is 0 Å². The molecular weight excluding hydrogens is 538 g/mol. The number of piperidine rings is 1. The van der Waals surface area contributed by atoms with Gasteiger partial charge in [0, 0.05) is 45.3 Å². The summed E-state index contributed by atoms with van der Waals surface area (Å²) in [6, 6.07) is 6.82. The highest BCUT2D eigenvalue weighted by molar-refractivity contribution is 14.0. The molecule has 0 spiro atoms. The first-order chi connectivity index (χ1) is 13.6. The van der Waals surface area contributed by atoms with Gasteiger partial charge in [-0.3, -0.25) is 9.79 Å². The van der Waals surface area contributed by atoms with Crippen LogP contribution in [0.2, 0.25) is 0 Å². The van der Waals surface area contributed by atoms with Gasteiger partial charge in [-0.05, 0) is 30.5 Å². The number of benzene rings is 1. The van der Waals surface area contributed by atoms with Crippen molar-refractivity contribution in [1.29, 1.82) is 0 Å². The van der Waals surface area contributed by atoms with E-state index in [4.69, 9.17) is 0 Å². The van der Waals surface area contributed by atoms with E-state index in [2.05, 4.69) is 20.9 Å². The molecule has 0 atom stereocenters. The minimum atomic E-state index is -5.29. The molecule has 30 heavy (non-hydrogen) atoms. The fraction of sp³-hybridized carbons (Fsp3) is 0.529. The summed E-state index contributed by atoms with van der Waals surface area (Å²) in [5.74, 6) is 0.238. The zero-order chi connectivity index (χ0) is 21.7. The van der Waals surface area contributed by atoms with Crippen molar-refractivity contribution in [2.75, 3.05) is 27.2 Å². The van der Waals surface area contributed by atoms with Crippen LogP contribution in [0.3, 0.4) is 0 Å². The van der Waals surface area contributed by atoms with E-state index in [1.807, 2.05) is 6.07 Å². The highest BCUT2D eigenvalue weighted by Gasteiger charge is 2.50. The van der Waals surface area contributed by atoms with Crippen molar-refractivity contribution in [3.05, 3.63) is 35.4 Å². The van der Waals surface area contributed by atoms with Crippen LogP contribution in [0.25, 0.3) is 0 Å². The Bertz CT molecular complexity index is 856. The molecule has 0 unspecified atom stereocenters. The second kappa shape index (κ2) is 11.1. The third-order valence-electron chi connectivity index (χ3n) is 4.53. The van der Waals surface area contributed by atoms with Crippen LogP contribution in [0.15, 0.2) is 29.3 Å².